The highest BCUT2D eigenvalue weighted by molar-refractivity contribution is 5.93. The second-order valence-electron chi connectivity index (χ2n) is 12.7. The van der Waals surface area contributed by atoms with E-state index >= 15 is 0 Å². The Balaban J connectivity index is 0.00000541. The maximum atomic E-state index is 13.5. The van der Waals surface area contributed by atoms with Crippen LogP contribution in [-0.4, -0.2) is 39.3 Å². The number of amides is 1. The molecule has 1 unspecified atom stereocenters. The highest BCUT2D eigenvalue weighted by atomic mass is 16.6. The fourth-order valence-electron chi connectivity index (χ4n) is 5.16. The van der Waals surface area contributed by atoms with E-state index in [1.165, 1.54) is 11.5 Å². The molecule has 4 aromatic carbocycles. The molecule has 0 bridgehead atoms. The molecule has 0 spiro atoms. The van der Waals surface area contributed by atoms with Gasteiger partial charge in [-0.05, 0) is 62.1 Å². The Morgan fingerprint density at radius 2 is 1.35 bits per heavy atom. The van der Waals surface area contributed by atoms with E-state index in [0.717, 1.165) is 16.7 Å². The number of fused-ring (bicyclic) bond motifs is 1. The Hall–Kier alpha value is -5.12. The third-order valence-electron chi connectivity index (χ3n) is 7.65. The molecule has 0 aliphatic heterocycles. The second kappa shape index (κ2) is 15.2. The smallest absolute Gasteiger partial charge is 0.418 e. The lowest BCUT2D eigenvalue weighted by atomic mass is 9.99. The van der Waals surface area contributed by atoms with Crippen LogP contribution < -0.4 is 10.1 Å². The number of hydrogen-bond donors (Lipinski definition) is 2. The first-order valence-corrected chi connectivity index (χ1v) is 15.9. The van der Waals surface area contributed by atoms with Gasteiger partial charge in [0.25, 0.3) is 0 Å². The topological polar surface area (TPSA) is 108 Å². The summed E-state index contributed by atoms with van der Waals surface area (Å²) in [5.41, 5.74) is 3.16. The molecule has 9 heteroatoms. The van der Waals surface area contributed by atoms with Crippen molar-refractivity contribution in [2.75, 3.05) is 0 Å². The summed E-state index contributed by atoms with van der Waals surface area (Å²) in [6.07, 6.45) is 0.467. The fraction of sp³-hybridized carbons (Fsp3) is 0.282. The van der Waals surface area contributed by atoms with E-state index in [0.29, 0.717) is 28.8 Å². The van der Waals surface area contributed by atoms with Crippen LogP contribution in [0.15, 0.2) is 115 Å². The Morgan fingerprint density at radius 1 is 0.792 bits per heavy atom. The van der Waals surface area contributed by atoms with Gasteiger partial charge in [0.1, 0.15) is 24.6 Å². The molecule has 0 radical (unpaired) electrons. The van der Waals surface area contributed by atoms with Crippen molar-refractivity contribution in [2.24, 2.45) is 0 Å². The lowest BCUT2D eigenvalue weighted by molar-refractivity contribution is -0.215. The van der Waals surface area contributed by atoms with E-state index in [4.69, 9.17) is 18.9 Å². The van der Waals surface area contributed by atoms with E-state index in [1.54, 1.807) is 33.0 Å². The number of carbonyl (C=O) groups is 2. The maximum absolute atomic E-state index is 13.5. The summed E-state index contributed by atoms with van der Waals surface area (Å²) < 4.78 is 24.7. The molecule has 48 heavy (non-hydrogen) atoms. The van der Waals surface area contributed by atoms with Crippen molar-refractivity contribution < 1.29 is 35.1 Å². The predicted octanol–water partition coefficient (Wildman–Crippen LogP) is 8.01. The molecule has 9 nitrogen and oxygen atoms in total. The minimum atomic E-state index is -1.83. The first-order valence-electron chi connectivity index (χ1n) is 15.9. The van der Waals surface area contributed by atoms with Crippen LogP contribution in [0.4, 0.5) is 9.59 Å². The van der Waals surface area contributed by atoms with Gasteiger partial charge in [0.2, 0.25) is 0 Å². The Bertz CT molecular complexity index is 1800. The van der Waals surface area contributed by atoms with Gasteiger partial charge < -0.3 is 29.4 Å². The number of aromatic nitrogens is 1. The normalized spacial score (nSPS) is 13.4. The Kier molecular flexibility index (Phi) is 10.8. The minimum absolute atomic E-state index is 0. The maximum Gasteiger partial charge on any atom is 0.418 e. The number of rotatable bonds is 12. The number of benzene rings is 4. The molecule has 0 aliphatic rings. The summed E-state index contributed by atoms with van der Waals surface area (Å²) in [7, 11) is 0. The number of hydrogen-bond acceptors (Lipinski definition) is 7. The van der Waals surface area contributed by atoms with Crippen molar-refractivity contribution in [1.82, 2.24) is 9.88 Å². The molecular weight excluding hydrogens is 608 g/mol. The molecular formula is C39H44N2O7. The molecule has 2 atom stereocenters. The van der Waals surface area contributed by atoms with Gasteiger partial charge in [-0.1, -0.05) is 91.0 Å². The van der Waals surface area contributed by atoms with E-state index in [9.17, 15) is 14.7 Å². The summed E-state index contributed by atoms with van der Waals surface area (Å²) in [4.78, 5) is 26.6. The third kappa shape index (κ3) is 9.47. The van der Waals surface area contributed by atoms with Crippen LogP contribution in [0.2, 0.25) is 0 Å². The van der Waals surface area contributed by atoms with Crippen molar-refractivity contribution in [2.45, 2.75) is 71.4 Å². The van der Waals surface area contributed by atoms with Gasteiger partial charge in [-0.25, -0.2) is 9.59 Å². The first kappa shape index (κ1) is 34.2. The standard InChI is InChI=1S/C39H42N2O7.H2/c1-38(2,3)48-36(42)40-35(39(4,44)47-27-30-18-12-7-13-19-30)22-31-24-41(37(43)46-26-29-16-10-6-11-17-29)34-23-32(20-21-33(31)34)45-25-28-14-8-5-9-15-28;/h5-21,23-24,35,44H,22,25-27H2,1-4H3,(H,40,42);1H/t35-,39?;/m0./s1. The molecule has 5 aromatic rings. The van der Waals surface area contributed by atoms with E-state index in [2.05, 4.69) is 5.32 Å². The molecule has 1 amide bonds. The van der Waals surface area contributed by atoms with Gasteiger partial charge in [-0.3, -0.25) is 4.57 Å². The summed E-state index contributed by atoms with van der Waals surface area (Å²) in [5, 5.41) is 15.2. The minimum Gasteiger partial charge on any atom is -0.489 e. The van der Waals surface area contributed by atoms with Gasteiger partial charge >= 0.3 is 12.2 Å². The van der Waals surface area contributed by atoms with Gasteiger partial charge in [0, 0.05) is 25.5 Å². The van der Waals surface area contributed by atoms with Crippen molar-refractivity contribution in [3.05, 3.63) is 138 Å². The number of alkyl carbamates (subject to hydrolysis) is 1. The molecule has 0 saturated heterocycles. The third-order valence-corrected chi connectivity index (χ3v) is 7.65. The van der Waals surface area contributed by atoms with Crippen LogP contribution in [0, 0.1) is 0 Å². The van der Waals surface area contributed by atoms with E-state index in [1.807, 2.05) is 103 Å². The summed E-state index contributed by atoms with van der Waals surface area (Å²) in [6.45, 7) is 7.33. The number of nitrogens with one attached hydrogen (secondary N) is 1. The zero-order chi connectivity index (χ0) is 34.1. The van der Waals surface area contributed by atoms with E-state index in [-0.39, 0.29) is 21.1 Å². The van der Waals surface area contributed by atoms with Crippen molar-refractivity contribution in [3.8, 4) is 5.75 Å². The quantitative estimate of drug-likeness (QED) is 0.131. The van der Waals surface area contributed by atoms with Crippen LogP contribution in [0.25, 0.3) is 10.9 Å². The van der Waals surface area contributed by atoms with Gasteiger partial charge in [-0.2, -0.15) is 0 Å². The van der Waals surface area contributed by atoms with Crippen LogP contribution in [0.5, 0.6) is 5.75 Å². The summed E-state index contributed by atoms with van der Waals surface area (Å²) >= 11 is 0. The fourth-order valence-corrected chi connectivity index (χ4v) is 5.16. The molecule has 2 N–H and O–H groups in total. The van der Waals surface area contributed by atoms with Gasteiger partial charge in [0.05, 0.1) is 18.2 Å². The largest absolute Gasteiger partial charge is 0.489 e. The number of aliphatic hydroxyl groups is 1. The summed E-state index contributed by atoms with van der Waals surface area (Å²) in [5.74, 6) is -1.26. The first-order chi connectivity index (χ1) is 23.0. The Morgan fingerprint density at radius 3 is 1.94 bits per heavy atom. The second-order valence-corrected chi connectivity index (χ2v) is 12.7. The van der Waals surface area contributed by atoms with E-state index < -0.39 is 29.6 Å². The lowest BCUT2D eigenvalue weighted by Gasteiger charge is -2.34. The zero-order valence-electron chi connectivity index (χ0n) is 27.7. The predicted molar refractivity (Wildman–Crippen MR) is 186 cm³/mol. The van der Waals surface area contributed by atoms with Crippen LogP contribution in [0.1, 0.15) is 51.4 Å². The summed E-state index contributed by atoms with van der Waals surface area (Å²) in [6, 6.07) is 33.1. The molecule has 0 aliphatic carbocycles. The molecule has 1 aromatic heterocycles. The molecule has 1 heterocycles. The number of nitrogens with zero attached hydrogens (tertiary/aromatic N) is 1. The molecule has 252 valence electrons. The average Bonchev–Trinajstić information content (AvgIpc) is 3.43. The van der Waals surface area contributed by atoms with Crippen LogP contribution in [0.3, 0.4) is 0 Å². The van der Waals surface area contributed by atoms with Crippen molar-refractivity contribution in [1.29, 1.82) is 0 Å². The van der Waals surface area contributed by atoms with Crippen LogP contribution in [-0.2, 0) is 40.5 Å². The van der Waals surface area contributed by atoms with Gasteiger partial charge in [0.15, 0.2) is 5.79 Å². The molecule has 0 saturated carbocycles. The van der Waals surface area contributed by atoms with Crippen molar-refractivity contribution in [3.63, 3.8) is 0 Å². The highest BCUT2D eigenvalue weighted by Crippen LogP contribution is 2.30. The molecule has 5 rings (SSSR count). The number of carbonyl (C=O) groups excluding carboxylic acids is 2. The average molecular weight is 653 g/mol. The SMILES string of the molecule is CC(C)(C)OC(=O)N[C@@H](Cc1cn(C(=O)OCc2ccccc2)c2cc(OCc3ccccc3)ccc12)C(C)(O)OCc1ccccc1.[HH]. The monoisotopic (exact) mass is 652 g/mol. The zero-order valence-corrected chi connectivity index (χ0v) is 27.7. The number of ether oxygens (including phenoxy) is 4. The van der Waals surface area contributed by atoms with Crippen molar-refractivity contribution >= 4 is 23.1 Å². The highest BCUT2D eigenvalue weighted by Gasteiger charge is 2.36. The van der Waals surface area contributed by atoms with Gasteiger partial charge in [-0.15, -0.1) is 0 Å². The van der Waals surface area contributed by atoms with Crippen LogP contribution >= 0.6 is 0 Å². The lowest BCUT2D eigenvalue weighted by Crippen LogP contribution is -2.54. The molecule has 0 fully saturated rings. The Labute approximate surface area is 282 Å².